The summed E-state index contributed by atoms with van der Waals surface area (Å²) in [4.78, 5) is 27.5. The van der Waals surface area contributed by atoms with Crippen LogP contribution in [-0.2, 0) is 4.79 Å². The monoisotopic (exact) mass is 387 g/mol. The first kappa shape index (κ1) is 18.7. The summed E-state index contributed by atoms with van der Waals surface area (Å²) in [6, 6.07) is 19.2. The van der Waals surface area contributed by atoms with Crippen LogP contribution in [0.4, 0.5) is 5.69 Å². The molecular weight excluding hydrogens is 366 g/mol. The average Bonchev–Trinajstić information content (AvgIpc) is 3.36. The lowest BCUT2D eigenvalue weighted by Crippen LogP contribution is -2.31. The van der Waals surface area contributed by atoms with E-state index in [4.69, 9.17) is 4.42 Å². The minimum atomic E-state index is -0.747. The van der Waals surface area contributed by atoms with Crippen molar-refractivity contribution in [2.24, 2.45) is 0 Å². The van der Waals surface area contributed by atoms with E-state index in [0.29, 0.717) is 11.6 Å². The Bertz CT molecular complexity index is 1060. The number of carbonyl (C=O) groups is 2. The van der Waals surface area contributed by atoms with Crippen LogP contribution in [0.5, 0.6) is 0 Å². The zero-order valence-electron chi connectivity index (χ0n) is 16.2. The van der Waals surface area contributed by atoms with Gasteiger partial charge in [-0.1, -0.05) is 56.3 Å². The van der Waals surface area contributed by atoms with Crippen LogP contribution in [0.15, 0.2) is 88.7 Å². The molecule has 1 N–H and O–H groups in total. The lowest BCUT2D eigenvalue weighted by Gasteiger charge is -2.27. The van der Waals surface area contributed by atoms with Gasteiger partial charge in [0.15, 0.2) is 11.5 Å². The molecule has 0 fully saturated rings. The molecule has 1 aliphatic rings. The fraction of sp³-hybridized carbons (Fsp3) is 0.167. The topological polar surface area (TPSA) is 70.7 Å². The number of rotatable bonds is 5. The van der Waals surface area contributed by atoms with Crippen molar-refractivity contribution in [1.82, 2.24) is 0 Å². The molecule has 4 rings (SSSR count). The number of amides is 1. The van der Waals surface area contributed by atoms with Crippen LogP contribution in [0.2, 0.25) is 0 Å². The summed E-state index contributed by atoms with van der Waals surface area (Å²) in [7, 11) is 0. The Balaban J connectivity index is 1.86. The summed E-state index contributed by atoms with van der Waals surface area (Å²) in [5.74, 6) is -1.22. The number of ketones is 1. The SMILES string of the molecule is CC(C)c1ccc([C@@H]2C(C(=O)c3ccco3)=C(O)C(=O)N2c2ccccc2)cc1. The van der Waals surface area contributed by atoms with Gasteiger partial charge < -0.3 is 9.52 Å². The highest BCUT2D eigenvalue weighted by Gasteiger charge is 2.45. The molecule has 0 radical (unpaired) electrons. The Hall–Kier alpha value is -3.60. The van der Waals surface area contributed by atoms with Crippen molar-refractivity contribution in [2.75, 3.05) is 4.90 Å². The second kappa shape index (κ2) is 7.43. The molecule has 0 bridgehead atoms. The number of benzene rings is 2. The van der Waals surface area contributed by atoms with Gasteiger partial charge >= 0.3 is 0 Å². The fourth-order valence-corrected chi connectivity index (χ4v) is 3.61. The van der Waals surface area contributed by atoms with E-state index in [9.17, 15) is 14.7 Å². The maximum atomic E-state index is 13.1. The van der Waals surface area contributed by atoms with Crippen molar-refractivity contribution in [1.29, 1.82) is 0 Å². The standard InChI is InChI=1S/C24H21NO4/c1-15(2)16-10-12-17(13-11-16)21-20(22(26)19-9-6-14-29-19)23(27)24(28)25(21)18-7-4-3-5-8-18/h3-15,21,27H,1-2H3/t21-/m1/s1. The number of nitrogens with zero attached hydrogens (tertiary/aromatic N) is 1. The second-order valence-electron chi connectivity index (χ2n) is 7.30. The van der Waals surface area contributed by atoms with Gasteiger partial charge in [0.2, 0.25) is 5.78 Å². The van der Waals surface area contributed by atoms with Gasteiger partial charge in [0.25, 0.3) is 5.91 Å². The highest BCUT2D eigenvalue weighted by atomic mass is 16.3. The molecule has 0 saturated heterocycles. The van der Waals surface area contributed by atoms with Gasteiger partial charge in [0, 0.05) is 5.69 Å². The molecular formula is C24H21NO4. The maximum absolute atomic E-state index is 13.1. The van der Waals surface area contributed by atoms with Crippen LogP contribution in [0.3, 0.4) is 0 Å². The highest BCUT2D eigenvalue weighted by molar-refractivity contribution is 6.20. The molecule has 1 aromatic heterocycles. The average molecular weight is 387 g/mol. The van der Waals surface area contributed by atoms with Crippen molar-refractivity contribution in [3.63, 3.8) is 0 Å². The minimum absolute atomic E-state index is 0.0195. The number of para-hydroxylation sites is 1. The number of furan rings is 1. The molecule has 0 spiro atoms. The molecule has 0 aliphatic carbocycles. The third-order valence-corrected chi connectivity index (χ3v) is 5.15. The Kier molecular flexibility index (Phi) is 4.80. The smallest absolute Gasteiger partial charge is 0.294 e. The summed E-state index contributed by atoms with van der Waals surface area (Å²) in [5.41, 5.74) is 2.51. The molecule has 2 aromatic carbocycles. The van der Waals surface area contributed by atoms with E-state index in [-0.39, 0.29) is 11.3 Å². The maximum Gasteiger partial charge on any atom is 0.294 e. The lowest BCUT2D eigenvalue weighted by atomic mass is 9.92. The van der Waals surface area contributed by atoms with E-state index in [1.165, 1.54) is 17.2 Å². The predicted octanol–water partition coefficient (Wildman–Crippen LogP) is 5.19. The van der Waals surface area contributed by atoms with Crippen LogP contribution in [0.1, 0.15) is 47.5 Å². The summed E-state index contributed by atoms with van der Waals surface area (Å²) in [6.45, 7) is 4.20. The van der Waals surface area contributed by atoms with Crippen molar-refractivity contribution >= 4 is 17.4 Å². The number of Topliss-reactive ketones (excluding diaryl/α,β-unsaturated/α-hetero) is 1. The molecule has 5 heteroatoms. The number of anilines is 1. The van der Waals surface area contributed by atoms with E-state index in [1.54, 1.807) is 18.2 Å². The fourth-order valence-electron chi connectivity index (χ4n) is 3.61. The van der Waals surface area contributed by atoms with Crippen LogP contribution >= 0.6 is 0 Å². The van der Waals surface area contributed by atoms with Gasteiger partial charge in [-0.2, -0.15) is 0 Å². The van der Waals surface area contributed by atoms with Gasteiger partial charge in [0.05, 0.1) is 17.9 Å². The molecule has 0 unspecified atom stereocenters. The summed E-state index contributed by atoms with van der Waals surface area (Å²) in [6.07, 6.45) is 1.39. The molecule has 146 valence electrons. The van der Waals surface area contributed by atoms with Crippen LogP contribution in [0.25, 0.3) is 0 Å². The molecule has 1 atom stereocenters. The van der Waals surface area contributed by atoms with Crippen LogP contribution < -0.4 is 4.90 Å². The Morgan fingerprint density at radius 1 is 1.00 bits per heavy atom. The first-order valence-corrected chi connectivity index (χ1v) is 9.49. The van der Waals surface area contributed by atoms with Gasteiger partial charge in [0.1, 0.15) is 0 Å². The van der Waals surface area contributed by atoms with Gasteiger partial charge in [-0.25, -0.2) is 0 Å². The van der Waals surface area contributed by atoms with Crippen LogP contribution in [-0.4, -0.2) is 16.8 Å². The molecule has 1 aliphatic heterocycles. The van der Waals surface area contributed by atoms with Crippen molar-refractivity contribution in [2.45, 2.75) is 25.8 Å². The molecule has 3 aromatic rings. The molecule has 2 heterocycles. The number of hydrogen-bond donors (Lipinski definition) is 1. The minimum Gasteiger partial charge on any atom is -0.503 e. The summed E-state index contributed by atoms with van der Waals surface area (Å²) in [5, 5.41) is 10.7. The zero-order valence-corrected chi connectivity index (χ0v) is 16.2. The quantitative estimate of drug-likeness (QED) is 0.612. The third-order valence-electron chi connectivity index (χ3n) is 5.15. The van der Waals surface area contributed by atoms with Gasteiger partial charge in [-0.3, -0.25) is 14.5 Å². The predicted molar refractivity (Wildman–Crippen MR) is 110 cm³/mol. The van der Waals surface area contributed by atoms with E-state index in [2.05, 4.69) is 13.8 Å². The number of carbonyl (C=O) groups excluding carboxylic acids is 2. The molecule has 5 nitrogen and oxygen atoms in total. The molecule has 0 saturated carbocycles. The van der Waals surface area contributed by atoms with Crippen molar-refractivity contribution < 1.29 is 19.1 Å². The van der Waals surface area contributed by atoms with E-state index >= 15 is 0 Å². The third kappa shape index (κ3) is 3.25. The normalized spacial score (nSPS) is 16.7. The van der Waals surface area contributed by atoms with Gasteiger partial charge in [-0.15, -0.1) is 0 Å². The lowest BCUT2D eigenvalue weighted by molar-refractivity contribution is -0.117. The van der Waals surface area contributed by atoms with Crippen LogP contribution in [0, 0.1) is 0 Å². The first-order chi connectivity index (χ1) is 14.0. The summed E-state index contributed by atoms with van der Waals surface area (Å²) >= 11 is 0. The van der Waals surface area contributed by atoms with Crippen molar-refractivity contribution in [3.8, 4) is 0 Å². The number of hydrogen-bond acceptors (Lipinski definition) is 4. The van der Waals surface area contributed by atoms with Gasteiger partial charge in [-0.05, 0) is 41.3 Å². The van der Waals surface area contributed by atoms with E-state index in [1.807, 2.05) is 42.5 Å². The molecule has 1 amide bonds. The zero-order chi connectivity index (χ0) is 20.5. The van der Waals surface area contributed by atoms with E-state index in [0.717, 1.165) is 11.1 Å². The number of aliphatic hydroxyl groups excluding tert-OH is 1. The first-order valence-electron chi connectivity index (χ1n) is 9.49. The summed E-state index contributed by atoms with van der Waals surface area (Å²) < 4.78 is 5.24. The molecule has 29 heavy (non-hydrogen) atoms. The Morgan fingerprint density at radius 3 is 2.28 bits per heavy atom. The Morgan fingerprint density at radius 2 is 1.69 bits per heavy atom. The Labute approximate surface area is 168 Å². The van der Waals surface area contributed by atoms with Crippen molar-refractivity contribution in [3.05, 3.63) is 101 Å². The highest BCUT2D eigenvalue weighted by Crippen LogP contribution is 2.42. The largest absolute Gasteiger partial charge is 0.503 e. The van der Waals surface area contributed by atoms with E-state index < -0.39 is 23.5 Å². The number of aliphatic hydroxyl groups is 1. The second-order valence-corrected chi connectivity index (χ2v) is 7.30.